The molecule has 1 atom stereocenters. The average molecular weight is 378 g/mol. The Labute approximate surface area is 157 Å². The predicted octanol–water partition coefficient (Wildman–Crippen LogP) is 4.40. The van der Waals surface area contributed by atoms with Crippen LogP contribution in [0.2, 0.25) is 5.02 Å². The van der Waals surface area contributed by atoms with Crippen LogP contribution in [0.4, 0.5) is 10.2 Å². The first-order valence-electron chi connectivity index (χ1n) is 8.47. The minimum absolute atomic E-state index is 0.00434. The highest BCUT2D eigenvalue weighted by molar-refractivity contribution is 6.35. The molecule has 2 aromatic rings. The summed E-state index contributed by atoms with van der Waals surface area (Å²) < 4.78 is 19.9. The molecule has 1 aromatic heterocycles. The molecule has 0 spiro atoms. The van der Waals surface area contributed by atoms with Crippen LogP contribution < -0.4 is 5.32 Å². The number of alkyl halides is 1. The molecule has 7 heteroatoms. The van der Waals surface area contributed by atoms with Crippen molar-refractivity contribution >= 4 is 23.4 Å². The van der Waals surface area contributed by atoms with Gasteiger partial charge in [-0.05, 0) is 32.3 Å². The van der Waals surface area contributed by atoms with Crippen molar-refractivity contribution in [2.45, 2.75) is 38.3 Å². The Balaban J connectivity index is 1.87. The van der Waals surface area contributed by atoms with E-state index in [1.165, 1.54) is 14.0 Å². The van der Waals surface area contributed by atoms with Crippen LogP contribution >= 0.6 is 11.6 Å². The van der Waals surface area contributed by atoms with Crippen LogP contribution in [0, 0.1) is 6.92 Å². The fraction of sp³-hybridized carbons (Fsp3) is 0.421. The molecule has 1 unspecified atom stereocenters. The number of carbonyl (C=O) groups is 1. The first kappa shape index (κ1) is 18.6. The van der Waals surface area contributed by atoms with Gasteiger partial charge in [-0.3, -0.25) is 0 Å². The molecule has 0 bridgehead atoms. The fourth-order valence-corrected chi connectivity index (χ4v) is 2.89. The maximum absolute atomic E-state index is 15.2. The molecular weight excluding hydrogens is 357 g/mol. The molecule has 26 heavy (non-hydrogen) atoms. The summed E-state index contributed by atoms with van der Waals surface area (Å²) in [6, 6.07) is 7.28. The summed E-state index contributed by atoms with van der Waals surface area (Å²) in [7, 11) is 1.26. The van der Waals surface area contributed by atoms with Crippen LogP contribution in [-0.2, 0) is 10.4 Å². The van der Waals surface area contributed by atoms with Crippen LogP contribution in [0.3, 0.4) is 0 Å². The van der Waals surface area contributed by atoms with Gasteiger partial charge < -0.3 is 10.1 Å². The van der Waals surface area contributed by atoms with Gasteiger partial charge in [-0.2, -0.15) is 0 Å². The third kappa shape index (κ3) is 3.96. The largest absolute Gasteiger partial charge is 0.464 e. The highest BCUT2D eigenvalue weighted by Gasteiger charge is 2.31. The van der Waals surface area contributed by atoms with Crippen LogP contribution in [0.15, 0.2) is 24.3 Å². The Morgan fingerprint density at radius 3 is 2.77 bits per heavy atom. The molecule has 3 rings (SSSR count). The molecule has 0 amide bonds. The topological polar surface area (TPSA) is 64.1 Å². The van der Waals surface area contributed by atoms with Gasteiger partial charge in [-0.25, -0.2) is 19.2 Å². The summed E-state index contributed by atoms with van der Waals surface area (Å²) >= 11 is 6.27. The Kier molecular flexibility index (Phi) is 5.14. The SMILES string of the molecule is COC(=O)c1nc(C2CC2)nc(NCC(C)(F)c2cccc(C)c2)c1Cl. The molecule has 0 saturated heterocycles. The lowest BCUT2D eigenvalue weighted by molar-refractivity contribution is 0.0593. The highest BCUT2D eigenvalue weighted by Crippen LogP contribution is 2.40. The number of aryl methyl sites for hydroxylation is 1. The quantitative estimate of drug-likeness (QED) is 0.756. The summed E-state index contributed by atoms with van der Waals surface area (Å²) in [4.78, 5) is 20.6. The molecule has 1 fully saturated rings. The highest BCUT2D eigenvalue weighted by atomic mass is 35.5. The number of hydrogen-bond donors (Lipinski definition) is 1. The van der Waals surface area contributed by atoms with Crippen molar-refractivity contribution in [2.24, 2.45) is 0 Å². The van der Waals surface area contributed by atoms with Crippen molar-refractivity contribution in [3.63, 3.8) is 0 Å². The first-order chi connectivity index (χ1) is 12.3. The van der Waals surface area contributed by atoms with Crippen LogP contribution in [0.1, 0.15) is 53.1 Å². The lowest BCUT2D eigenvalue weighted by Crippen LogP contribution is -2.27. The molecule has 1 aliphatic rings. The van der Waals surface area contributed by atoms with Gasteiger partial charge in [0.2, 0.25) is 0 Å². The van der Waals surface area contributed by atoms with Gasteiger partial charge in [-0.1, -0.05) is 41.4 Å². The maximum Gasteiger partial charge on any atom is 0.358 e. The van der Waals surface area contributed by atoms with Crippen molar-refractivity contribution < 1.29 is 13.9 Å². The summed E-state index contributed by atoms with van der Waals surface area (Å²) in [5.74, 6) is 0.364. The van der Waals surface area contributed by atoms with E-state index in [1.807, 2.05) is 19.1 Å². The molecule has 138 valence electrons. The number of halogens is 2. The number of rotatable bonds is 6. The second-order valence-corrected chi connectivity index (χ2v) is 7.16. The van der Waals surface area contributed by atoms with E-state index >= 15 is 4.39 Å². The van der Waals surface area contributed by atoms with E-state index in [-0.39, 0.29) is 29.0 Å². The lowest BCUT2D eigenvalue weighted by Gasteiger charge is -2.23. The van der Waals surface area contributed by atoms with Gasteiger partial charge in [0, 0.05) is 5.92 Å². The second kappa shape index (κ2) is 7.19. The number of carbonyl (C=O) groups excluding carboxylic acids is 1. The van der Waals surface area contributed by atoms with Crippen LogP contribution in [0.25, 0.3) is 0 Å². The van der Waals surface area contributed by atoms with E-state index in [9.17, 15) is 4.79 Å². The van der Waals surface area contributed by atoms with Crippen LogP contribution in [0.5, 0.6) is 0 Å². The number of ether oxygens (including phenoxy) is 1. The molecule has 0 aliphatic heterocycles. The van der Waals surface area contributed by atoms with E-state index in [0.29, 0.717) is 11.4 Å². The zero-order valence-electron chi connectivity index (χ0n) is 15.0. The van der Waals surface area contributed by atoms with E-state index in [0.717, 1.165) is 18.4 Å². The third-order valence-corrected chi connectivity index (χ3v) is 4.76. The summed E-state index contributed by atoms with van der Waals surface area (Å²) in [5.41, 5.74) is -0.0863. The molecule has 0 radical (unpaired) electrons. The van der Waals surface area contributed by atoms with E-state index in [2.05, 4.69) is 15.3 Å². The molecule has 1 saturated carbocycles. The third-order valence-electron chi connectivity index (χ3n) is 4.40. The van der Waals surface area contributed by atoms with Crippen molar-refractivity contribution in [2.75, 3.05) is 19.0 Å². The first-order valence-corrected chi connectivity index (χ1v) is 8.85. The van der Waals surface area contributed by atoms with Crippen molar-refractivity contribution in [3.8, 4) is 0 Å². The van der Waals surface area contributed by atoms with E-state index in [1.54, 1.807) is 12.1 Å². The Morgan fingerprint density at radius 2 is 2.15 bits per heavy atom. The number of benzene rings is 1. The molecule has 5 nitrogen and oxygen atoms in total. The Hall–Kier alpha value is -2.21. The van der Waals surface area contributed by atoms with Gasteiger partial charge >= 0.3 is 5.97 Å². The minimum Gasteiger partial charge on any atom is -0.464 e. The lowest BCUT2D eigenvalue weighted by atomic mass is 9.96. The normalized spacial score (nSPS) is 16.0. The molecule has 1 aliphatic carbocycles. The molecule has 1 aromatic carbocycles. The number of methoxy groups -OCH3 is 1. The molecule has 1 heterocycles. The van der Waals surface area contributed by atoms with Gasteiger partial charge in [0.15, 0.2) is 5.69 Å². The van der Waals surface area contributed by atoms with Crippen molar-refractivity contribution in [1.29, 1.82) is 0 Å². The standard InChI is InChI=1S/C19H21ClFN3O2/c1-11-5-4-6-13(9-11)19(2,21)10-22-17-14(20)15(18(25)26-3)23-16(24-17)12-7-8-12/h4-6,9,12H,7-8,10H2,1-3H3,(H,22,23,24). The van der Waals surface area contributed by atoms with E-state index < -0.39 is 11.6 Å². The fourth-order valence-electron chi connectivity index (χ4n) is 2.66. The molecule has 1 N–H and O–H groups in total. The zero-order chi connectivity index (χ0) is 18.9. The number of nitrogens with zero attached hydrogens (tertiary/aromatic N) is 2. The number of anilines is 1. The number of esters is 1. The second-order valence-electron chi connectivity index (χ2n) is 6.78. The zero-order valence-corrected chi connectivity index (χ0v) is 15.7. The Bertz CT molecular complexity index is 838. The smallest absolute Gasteiger partial charge is 0.358 e. The van der Waals surface area contributed by atoms with Crippen molar-refractivity contribution in [1.82, 2.24) is 9.97 Å². The summed E-state index contributed by atoms with van der Waals surface area (Å²) in [6.45, 7) is 3.36. The number of nitrogens with one attached hydrogen (secondary N) is 1. The predicted molar refractivity (Wildman–Crippen MR) is 98.5 cm³/mol. The van der Waals surface area contributed by atoms with E-state index in [4.69, 9.17) is 16.3 Å². The molecular formula is C19H21ClFN3O2. The van der Waals surface area contributed by atoms with Gasteiger partial charge in [0.05, 0.1) is 13.7 Å². The monoisotopic (exact) mass is 377 g/mol. The number of hydrogen-bond acceptors (Lipinski definition) is 5. The maximum atomic E-state index is 15.2. The van der Waals surface area contributed by atoms with Crippen LogP contribution in [-0.4, -0.2) is 29.6 Å². The van der Waals surface area contributed by atoms with Gasteiger partial charge in [-0.15, -0.1) is 0 Å². The summed E-state index contributed by atoms with van der Waals surface area (Å²) in [6.07, 6.45) is 1.93. The van der Waals surface area contributed by atoms with Gasteiger partial charge in [0.1, 0.15) is 22.3 Å². The van der Waals surface area contributed by atoms with Gasteiger partial charge in [0.25, 0.3) is 0 Å². The minimum atomic E-state index is -1.63. The summed E-state index contributed by atoms with van der Waals surface area (Å²) in [5, 5.41) is 2.99. The Morgan fingerprint density at radius 1 is 1.42 bits per heavy atom. The van der Waals surface area contributed by atoms with Crippen molar-refractivity contribution in [3.05, 3.63) is 51.9 Å². The average Bonchev–Trinajstić information content (AvgIpc) is 3.45. The number of aromatic nitrogens is 2.